The normalized spacial score (nSPS) is 27.2. The average Bonchev–Trinajstić information content (AvgIpc) is 2.79. The molecule has 1 atom stereocenters. The molecule has 0 radical (unpaired) electrons. The molecule has 8 heteroatoms. The van der Waals surface area contributed by atoms with E-state index >= 15 is 0 Å². The molecule has 0 aromatic heterocycles. The topological polar surface area (TPSA) is 47.9 Å². The zero-order valence-corrected chi connectivity index (χ0v) is 13.6. The molecule has 1 aliphatic heterocycles. The summed E-state index contributed by atoms with van der Waals surface area (Å²) in [6, 6.07) is 0.0528. The number of nitrogens with one attached hydrogen (secondary N) is 1. The van der Waals surface area contributed by atoms with Gasteiger partial charge in [-0.1, -0.05) is 33.1 Å². The second kappa shape index (κ2) is 6.31. The minimum atomic E-state index is -4.83. The van der Waals surface area contributed by atoms with Gasteiger partial charge in [-0.25, -0.2) is 0 Å². The Hall–Kier alpha value is -0.890. The maximum absolute atomic E-state index is 13.3. The Bertz CT molecular complexity index is 461. The summed E-state index contributed by atoms with van der Waals surface area (Å²) in [7, 11) is 0. The Morgan fingerprint density at radius 3 is 2.45 bits per heavy atom. The van der Waals surface area contributed by atoms with Crippen molar-refractivity contribution in [3.8, 4) is 0 Å². The first-order valence-corrected chi connectivity index (χ1v) is 8.03. The van der Waals surface area contributed by atoms with Gasteiger partial charge >= 0.3 is 6.18 Å². The van der Waals surface area contributed by atoms with Crippen LogP contribution in [0.25, 0.3) is 0 Å². The lowest BCUT2D eigenvalue weighted by molar-refractivity contribution is -0.294. The van der Waals surface area contributed by atoms with Crippen LogP contribution in [0.3, 0.4) is 0 Å². The quantitative estimate of drug-likeness (QED) is 0.760. The van der Waals surface area contributed by atoms with Gasteiger partial charge in [0.05, 0.1) is 0 Å². The Balaban J connectivity index is 2.17. The van der Waals surface area contributed by atoms with Crippen molar-refractivity contribution in [2.24, 2.45) is 11.0 Å². The summed E-state index contributed by atoms with van der Waals surface area (Å²) in [6.45, 7) is 3.49. The number of hydrogen-bond donors (Lipinski definition) is 2. The summed E-state index contributed by atoms with van der Waals surface area (Å²) in [5, 5.41) is 17.4. The maximum atomic E-state index is 13.3. The third-order valence-electron chi connectivity index (χ3n) is 4.25. The van der Waals surface area contributed by atoms with Crippen LogP contribution in [0, 0.1) is 5.92 Å². The third-order valence-corrected chi connectivity index (χ3v) is 4.54. The zero-order valence-electron chi connectivity index (χ0n) is 12.8. The molecule has 2 rings (SSSR count). The van der Waals surface area contributed by atoms with E-state index in [1.807, 2.05) is 0 Å². The van der Waals surface area contributed by atoms with Gasteiger partial charge in [0.1, 0.15) is 0 Å². The molecule has 0 bridgehead atoms. The highest BCUT2D eigenvalue weighted by Crippen LogP contribution is 2.41. The number of aliphatic hydroxyl groups is 1. The van der Waals surface area contributed by atoms with Gasteiger partial charge in [-0.3, -0.25) is 0 Å². The number of nitrogens with zero attached hydrogens (tertiary/aromatic N) is 2. The van der Waals surface area contributed by atoms with Crippen molar-refractivity contribution in [3.05, 3.63) is 0 Å². The largest absolute Gasteiger partial charge is 0.438 e. The van der Waals surface area contributed by atoms with E-state index in [0.717, 1.165) is 32.1 Å². The predicted molar refractivity (Wildman–Crippen MR) is 82.3 cm³/mol. The van der Waals surface area contributed by atoms with Crippen molar-refractivity contribution >= 4 is 23.0 Å². The first-order valence-electron chi connectivity index (χ1n) is 7.62. The highest BCUT2D eigenvalue weighted by molar-refractivity contribution is 7.80. The SMILES string of the molecule is CC(C)C1=NN(C(=S)NC2CCCCC2)C(O)(C(F)(F)F)C1. The maximum Gasteiger partial charge on any atom is 0.438 e. The van der Waals surface area contributed by atoms with Gasteiger partial charge in [0, 0.05) is 18.2 Å². The summed E-state index contributed by atoms with van der Waals surface area (Å²) in [4.78, 5) is 0. The first kappa shape index (κ1) is 17.5. The van der Waals surface area contributed by atoms with Crippen LogP contribution in [0.2, 0.25) is 0 Å². The average molecular weight is 337 g/mol. The summed E-state index contributed by atoms with van der Waals surface area (Å²) in [5.74, 6) is -0.184. The predicted octanol–water partition coefficient (Wildman–Crippen LogP) is 3.16. The number of hydrazone groups is 1. The molecule has 1 aliphatic carbocycles. The van der Waals surface area contributed by atoms with E-state index in [2.05, 4.69) is 10.4 Å². The zero-order chi connectivity index (χ0) is 16.5. The Kier molecular flexibility index (Phi) is 5.01. The Morgan fingerprint density at radius 1 is 1.36 bits per heavy atom. The highest BCUT2D eigenvalue weighted by Gasteiger charge is 2.62. The summed E-state index contributed by atoms with van der Waals surface area (Å²) < 4.78 is 40.0. The molecule has 0 saturated heterocycles. The van der Waals surface area contributed by atoms with E-state index in [0.29, 0.717) is 10.7 Å². The van der Waals surface area contributed by atoms with Crippen LogP contribution in [0.5, 0.6) is 0 Å². The lowest BCUT2D eigenvalue weighted by Crippen LogP contribution is -2.59. The number of alkyl halides is 3. The van der Waals surface area contributed by atoms with Crippen molar-refractivity contribution in [1.29, 1.82) is 0 Å². The molecule has 4 nitrogen and oxygen atoms in total. The number of hydrogen-bond acceptors (Lipinski definition) is 3. The van der Waals surface area contributed by atoms with Crippen LogP contribution >= 0.6 is 12.2 Å². The molecule has 0 aromatic rings. The summed E-state index contributed by atoms with van der Waals surface area (Å²) >= 11 is 5.10. The van der Waals surface area contributed by atoms with Crippen molar-refractivity contribution < 1.29 is 18.3 Å². The van der Waals surface area contributed by atoms with Crippen LogP contribution in [0.15, 0.2) is 5.10 Å². The standard InChI is InChI=1S/C14H22F3N3OS/c1-9(2)11-8-13(21,14(15,16)17)20(19-11)12(22)18-10-6-4-3-5-7-10/h9-10,21H,3-8H2,1-2H3,(H,18,22). The molecular weight excluding hydrogens is 315 g/mol. The van der Waals surface area contributed by atoms with Gasteiger partial charge in [-0.15, -0.1) is 0 Å². The van der Waals surface area contributed by atoms with Gasteiger partial charge in [0.15, 0.2) is 5.11 Å². The van der Waals surface area contributed by atoms with Crippen LogP contribution in [-0.2, 0) is 0 Å². The van der Waals surface area contributed by atoms with Gasteiger partial charge in [-0.05, 0) is 31.0 Å². The van der Waals surface area contributed by atoms with Crippen LogP contribution in [-0.4, -0.2) is 38.9 Å². The summed E-state index contributed by atoms with van der Waals surface area (Å²) in [5.41, 5.74) is -2.75. The van der Waals surface area contributed by atoms with E-state index in [1.54, 1.807) is 13.8 Å². The Morgan fingerprint density at radius 2 is 1.95 bits per heavy atom. The highest BCUT2D eigenvalue weighted by atomic mass is 32.1. The molecule has 1 saturated carbocycles. The van der Waals surface area contributed by atoms with Crippen LogP contribution < -0.4 is 5.32 Å². The fourth-order valence-electron chi connectivity index (χ4n) is 2.81. The summed E-state index contributed by atoms with van der Waals surface area (Å²) in [6.07, 6.45) is -0.449. The Labute approximate surface area is 133 Å². The number of halogens is 3. The fourth-order valence-corrected chi connectivity index (χ4v) is 3.17. The second-order valence-electron chi connectivity index (χ2n) is 6.33. The molecule has 0 aromatic carbocycles. The van der Waals surface area contributed by atoms with Crippen molar-refractivity contribution in [3.63, 3.8) is 0 Å². The van der Waals surface area contributed by atoms with E-state index in [9.17, 15) is 18.3 Å². The smallest absolute Gasteiger partial charge is 0.362 e. The molecule has 0 amide bonds. The van der Waals surface area contributed by atoms with Crippen molar-refractivity contribution in [1.82, 2.24) is 10.3 Å². The van der Waals surface area contributed by atoms with Crippen molar-refractivity contribution in [2.45, 2.75) is 70.3 Å². The van der Waals surface area contributed by atoms with Crippen molar-refractivity contribution in [2.75, 3.05) is 0 Å². The van der Waals surface area contributed by atoms with E-state index < -0.39 is 18.3 Å². The molecular formula is C14H22F3N3OS. The first-order chi connectivity index (χ1) is 10.1. The lowest BCUT2D eigenvalue weighted by Gasteiger charge is -2.35. The number of rotatable bonds is 2. The monoisotopic (exact) mass is 337 g/mol. The van der Waals surface area contributed by atoms with Crippen LogP contribution in [0.1, 0.15) is 52.4 Å². The van der Waals surface area contributed by atoms with Gasteiger partial charge in [-0.2, -0.15) is 23.3 Å². The van der Waals surface area contributed by atoms with Crippen LogP contribution in [0.4, 0.5) is 13.2 Å². The molecule has 126 valence electrons. The minimum absolute atomic E-state index is 0.0528. The lowest BCUT2D eigenvalue weighted by atomic mass is 9.96. The minimum Gasteiger partial charge on any atom is -0.362 e. The molecule has 22 heavy (non-hydrogen) atoms. The molecule has 1 heterocycles. The van der Waals surface area contributed by atoms with Gasteiger partial charge in [0.2, 0.25) is 0 Å². The fraction of sp³-hybridized carbons (Fsp3) is 0.857. The molecule has 2 N–H and O–H groups in total. The van der Waals surface area contributed by atoms with E-state index in [1.165, 1.54) is 0 Å². The van der Waals surface area contributed by atoms with Gasteiger partial charge in [0.25, 0.3) is 5.72 Å². The number of thiocarbonyl (C=S) groups is 1. The molecule has 1 fully saturated rings. The second-order valence-corrected chi connectivity index (χ2v) is 6.72. The molecule has 2 aliphatic rings. The molecule has 1 unspecified atom stereocenters. The molecule has 0 spiro atoms. The van der Waals surface area contributed by atoms with E-state index in [-0.39, 0.29) is 17.1 Å². The third kappa shape index (κ3) is 3.37. The van der Waals surface area contributed by atoms with E-state index in [4.69, 9.17) is 12.2 Å². The van der Waals surface area contributed by atoms with Gasteiger partial charge < -0.3 is 10.4 Å².